The molecular formula is C22H23ClN4O2S. The Morgan fingerprint density at radius 1 is 1.10 bits per heavy atom. The van der Waals surface area contributed by atoms with Crippen molar-refractivity contribution in [3.05, 3.63) is 58.9 Å². The van der Waals surface area contributed by atoms with Crippen LogP contribution in [0.1, 0.15) is 31.2 Å². The Labute approximate surface area is 185 Å². The molecule has 0 aliphatic heterocycles. The first-order valence-electron chi connectivity index (χ1n) is 9.68. The monoisotopic (exact) mass is 442 g/mol. The van der Waals surface area contributed by atoms with Gasteiger partial charge in [0, 0.05) is 17.2 Å². The topological polar surface area (TPSA) is 73.0 Å². The molecule has 3 aromatic rings. The van der Waals surface area contributed by atoms with Gasteiger partial charge in [-0.15, -0.1) is 10.2 Å². The van der Waals surface area contributed by atoms with Crippen LogP contribution in [0.25, 0.3) is 5.69 Å². The van der Waals surface area contributed by atoms with Gasteiger partial charge in [0.25, 0.3) is 0 Å². The zero-order valence-corrected chi connectivity index (χ0v) is 18.5. The van der Waals surface area contributed by atoms with Crippen LogP contribution in [0.15, 0.2) is 47.6 Å². The Bertz CT molecular complexity index is 1010. The molecule has 0 saturated carbocycles. The molecule has 1 aromatic heterocycles. The molecule has 30 heavy (non-hydrogen) atoms. The lowest BCUT2D eigenvalue weighted by molar-refractivity contribution is 0.291. The van der Waals surface area contributed by atoms with Crippen molar-refractivity contribution >= 4 is 23.4 Å². The van der Waals surface area contributed by atoms with E-state index < -0.39 is 0 Å². The number of aromatic nitrogens is 3. The fourth-order valence-electron chi connectivity index (χ4n) is 2.73. The van der Waals surface area contributed by atoms with E-state index in [1.54, 1.807) is 11.8 Å². The summed E-state index contributed by atoms with van der Waals surface area (Å²) in [4.78, 5) is 0. The molecule has 0 N–H and O–H groups in total. The summed E-state index contributed by atoms with van der Waals surface area (Å²) in [5.41, 5.74) is 1.88. The van der Waals surface area contributed by atoms with E-state index in [0.29, 0.717) is 23.9 Å². The number of halogens is 1. The van der Waals surface area contributed by atoms with Crippen molar-refractivity contribution < 1.29 is 9.47 Å². The molecule has 0 fully saturated rings. The lowest BCUT2D eigenvalue weighted by atomic mass is 10.2. The third-order valence-electron chi connectivity index (χ3n) is 4.28. The molecule has 3 rings (SSSR count). The number of benzene rings is 2. The Morgan fingerprint density at radius 2 is 1.83 bits per heavy atom. The van der Waals surface area contributed by atoms with Crippen LogP contribution < -0.4 is 9.47 Å². The molecule has 156 valence electrons. The van der Waals surface area contributed by atoms with Crippen LogP contribution in [0.4, 0.5) is 0 Å². The molecule has 0 aliphatic carbocycles. The van der Waals surface area contributed by atoms with Crippen molar-refractivity contribution in [2.75, 3.05) is 12.4 Å². The van der Waals surface area contributed by atoms with Crippen molar-refractivity contribution in [2.45, 2.75) is 38.5 Å². The largest absolute Gasteiger partial charge is 0.494 e. The molecular weight excluding hydrogens is 420 g/mol. The first kappa shape index (κ1) is 22.0. The molecule has 0 unspecified atom stereocenters. The summed E-state index contributed by atoms with van der Waals surface area (Å²) in [6.07, 6.45) is 1.31. The van der Waals surface area contributed by atoms with E-state index in [0.717, 1.165) is 40.1 Å². The smallest absolute Gasteiger partial charge is 0.195 e. The quantitative estimate of drug-likeness (QED) is 0.300. The molecule has 0 spiro atoms. The Hall–Kier alpha value is -2.69. The second-order valence-electron chi connectivity index (χ2n) is 6.47. The summed E-state index contributed by atoms with van der Waals surface area (Å²) in [5.74, 6) is 2.98. The number of aryl methyl sites for hydroxylation is 1. The highest BCUT2D eigenvalue weighted by atomic mass is 35.5. The number of hydrogen-bond donors (Lipinski definition) is 0. The van der Waals surface area contributed by atoms with Crippen molar-refractivity contribution in [1.29, 1.82) is 5.26 Å². The minimum atomic E-state index is 0.255. The molecule has 0 radical (unpaired) electrons. The molecule has 0 amide bonds. The summed E-state index contributed by atoms with van der Waals surface area (Å²) < 4.78 is 13.4. The van der Waals surface area contributed by atoms with Gasteiger partial charge in [-0.25, -0.2) is 0 Å². The van der Waals surface area contributed by atoms with E-state index in [9.17, 15) is 0 Å². The fraction of sp³-hybridized carbons (Fsp3) is 0.318. The van der Waals surface area contributed by atoms with E-state index >= 15 is 0 Å². The van der Waals surface area contributed by atoms with Gasteiger partial charge in [0.1, 0.15) is 18.1 Å². The maximum Gasteiger partial charge on any atom is 0.195 e. The second-order valence-corrected chi connectivity index (χ2v) is 7.94. The number of rotatable bonds is 10. The zero-order chi connectivity index (χ0) is 21.3. The van der Waals surface area contributed by atoms with Gasteiger partial charge in [-0.05, 0) is 62.2 Å². The molecule has 0 atom stereocenters. The minimum Gasteiger partial charge on any atom is -0.494 e. The third kappa shape index (κ3) is 5.68. The average molecular weight is 443 g/mol. The van der Waals surface area contributed by atoms with Gasteiger partial charge in [0.05, 0.1) is 18.4 Å². The SMILES string of the molecule is CCOc1ccc(OCc2nnc(SCCCC#N)n2-c2ccc(C)c(Cl)c2)cc1. The summed E-state index contributed by atoms with van der Waals surface area (Å²) in [6, 6.07) is 15.5. The molecule has 0 bridgehead atoms. The summed E-state index contributed by atoms with van der Waals surface area (Å²) in [6.45, 7) is 4.79. The van der Waals surface area contributed by atoms with Crippen molar-refractivity contribution in [3.63, 3.8) is 0 Å². The van der Waals surface area contributed by atoms with Crippen molar-refractivity contribution in [1.82, 2.24) is 14.8 Å². The van der Waals surface area contributed by atoms with Crippen LogP contribution in [-0.2, 0) is 6.61 Å². The van der Waals surface area contributed by atoms with Gasteiger partial charge in [0.15, 0.2) is 11.0 Å². The average Bonchev–Trinajstić information content (AvgIpc) is 3.16. The third-order valence-corrected chi connectivity index (χ3v) is 5.70. The van der Waals surface area contributed by atoms with E-state index in [1.165, 1.54) is 0 Å². The van der Waals surface area contributed by atoms with Gasteiger partial charge < -0.3 is 9.47 Å². The molecule has 8 heteroatoms. The highest BCUT2D eigenvalue weighted by molar-refractivity contribution is 7.99. The number of thioether (sulfide) groups is 1. The lowest BCUT2D eigenvalue weighted by Crippen LogP contribution is -2.07. The normalized spacial score (nSPS) is 10.6. The number of hydrogen-bond acceptors (Lipinski definition) is 6. The molecule has 1 heterocycles. The number of nitrogens with zero attached hydrogens (tertiary/aromatic N) is 4. The first-order chi connectivity index (χ1) is 14.6. The summed E-state index contributed by atoms with van der Waals surface area (Å²) in [7, 11) is 0. The fourth-order valence-corrected chi connectivity index (χ4v) is 3.81. The number of unbranched alkanes of at least 4 members (excludes halogenated alkanes) is 1. The van der Waals surface area contributed by atoms with Gasteiger partial charge in [-0.3, -0.25) is 4.57 Å². The number of ether oxygens (including phenoxy) is 2. The van der Waals surface area contributed by atoms with Crippen molar-refractivity contribution in [2.24, 2.45) is 0 Å². The molecule has 0 saturated heterocycles. The van der Waals surface area contributed by atoms with Gasteiger partial charge in [-0.2, -0.15) is 5.26 Å². The Balaban J connectivity index is 1.81. The van der Waals surface area contributed by atoms with Gasteiger partial charge in [0.2, 0.25) is 0 Å². The second kappa shape index (κ2) is 10.9. The zero-order valence-electron chi connectivity index (χ0n) is 17.0. The van der Waals surface area contributed by atoms with Crippen LogP contribution in [-0.4, -0.2) is 27.1 Å². The molecule has 2 aromatic carbocycles. The first-order valence-corrected chi connectivity index (χ1v) is 11.0. The summed E-state index contributed by atoms with van der Waals surface area (Å²) >= 11 is 7.92. The van der Waals surface area contributed by atoms with Crippen molar-refractivity contribution in [3.8, 4) is 23.3 Å². The van der Waals surface area contributed by atoms with Crippen LogP contribution in [0.3, 0.4) is 0 Å². The van der Waals surface area contributed by atoms with Gasteiger partial charge in [-0.1, -0.05) is 29.4 Å². The van der Waals surface area contributed by atoms with Crippen LogP contribution in [0.2, 0.25) is 5.02 Å². The highest BCUT2D eigenvalue weighted by Crippen LogP contribution is 2.27. The van der Waals surface area contributed by atoms with Gasteiger partial charge >= 0.3 is 0 Å². The Morgan fingerprint density at radius 3 is 2.50 bits per heavy atom. The maximum atomic E-state index is 8.75. The molecule has 6 nitrogen and oxygen atoms in total. The highest BCUT2D eigenvalue weighted by Gasteiger charge is 2.16. The maximum absolute atomic E-state index is 8.75. The van der Waals surface area contributed by atoms with Crippen LogP contribution >= 0.6 is 23.4 Å². The van der Waals surface area contributed by atoms with E-state index in [1.807, 2.05) is 60.9 Å². The minimum absolute atomic E-state index is 0.255. The van der Waals surface area contributed by atoms with E-state index in [4.69, 9.17) is 26.3 Å². The predicted octanol–water partition coefficient (Wildman–Crippen LogP) is 5.60. The lowest BCUT2D eigenvalue weighted by Gasteiger charge is -2.12. The van der Waals surface area contributed by atoms with Crippen LogP contribution in [0, 0.1) is 18.3 Å². The van der Waals surface area contributed by atoms with E-state index in [2.05, 4.69) is 16.3 Å². The Kier molecular flexibility index (Phi) is 8.00. The standard InChI is InChI=1S/C22H23ClN4O2S/c1-3-28-18-8-10-19(11-9-18)29-15-21-25-26-22(30-13-5-4-12-24)27(21)17-7-6-16(2)20(23)14-17/h6-11,14H,3-5,13,15H2,1-2H3. The summed E-state index contributed by atoms with van der Waals surface area (Å²) in [5, 5.41) is 18.9. The number of nitriles is 1. The predicted molar refractivity (Wildman–Crippen MR) is 119 cm³/mol. The van der Waals surface area contributed by atoms with E-state index in [-0.39, 0.29) is 6.61 Å². The molecule has 0 aliphatic rings. The van der Waals surface area contributed by atoms with Crippen LogP contribution in [0.5, 0.6) is 11.5 Å².